The van der Waals surface area contributed by atoms with Gasteiger partial charge < -0.3 is 14.9 Å². The molecule has 0 heterocycles. The summed E-state index contributed by atoms with van der Waals surface area (Å²) in [6.07, 6.45) is 18.5. The number of halogens is 1. The number of nitrogens with zero attached hydrogens (tertiary/aromatic N) is 1. The average Bonchev–Trinajstić information content (AvgIpc) is 3.45. The quantitative estimate of drug-likeness (QED) is 0.104. The van der Waals surface area contributed by atoms with Gasteiger partial charge in [-0.2, -0.15) is 0 Å². The zero-order valence-corrected chi connectivity index (χ0v) is 23.6. The molecule has 2 aromatic rings. The van der Waals surface area contributed by atoms with E-state index in [1.807, 2.05) is 36.4 Å². The number of carbonyl (C=O) groups excluding carboxylic acids is 1. The number of hydrogen-bond acceptors (Lipinski definition) is 5. The number of benzene rings is 2. The van der Waals surface area contributed by atoms with Crippen molar-refractivity contribution in [1.29, 1.82) is 0 Å². The van der Waals surface area contributed by atoms with E-state index < -0.39 is 5.09 Å². The Labute approximate surface area is 237 Å². The van der Waals surface area contributed by atoms with Crippen molar-refractivity contribution in [2.75, 3.05) is 6.61 Å². The van der Waals surface area contributed by atoms with Crippen LogP contribution in [0.2, 0.25) is 5.02 Å². The standard InChI is InChI=1S/C16H22N2O4.C15H19ClO/c1-2-3-4-5-6-11-16(19)17-12-14-9-7-8-10-15(14)13-22-18(20)21;16-14-9-5-10-15(12-14)17-11-4-3-8-13-6-1-2-7-13/h3-4,7-10H,2,5-6,11-13H2,1H3,(H,17,19);3,5,8-10,12-13H,1-2,4,6-7,11H2/b4-3-;8-3+. The van der Waals surface area contributed by atoms with E-state index in [0.29, 0.717) is 18.5 Å². The highest BCUT2D eigenvalue weighted by molar-refractivity contribution is 6.30. The third-order valence-electron chi connectivity index (χ3n) is 6.25. The summed E-state index contributed by atoms with van der Waals surface area (Å²) in [5.41, 5.74) is 1.52. The maximum absolute atomic E-state index is 11.8. The van der Waals surface area contributed by atoms with Gasteiger partial charge in [-0.3, -0.25) is 4.79 Å². The summed E-state index contributed by atoms with van der Waals surface area (Å²) in [4.78, 5) is 26.4. The molecule has 1 saturated carbocycles. The van der Waals surface area contributed by atoms with E-state index in [0.717, 1.165) is 54.5 Å². The third-order valence-corrected chi connectivity index (χ3v) is 6.49. The molecular formula is C31H41ClN2O5. The van der Waals surface area contributed by atoms with Crippen LogP contribution in [0.15, 0.2) is 72.8 Å². The van der Waals surface area contributed by atoms with E-state index in [-0.39, 0.29) is 12.5 Å². The largest absolute Gasteiger partial charge is 0.493 e. The molecule has 212 valence electrons. The molecule has 1 aliphatic carbocycles. The normalized spacial score (nSPS) is 13.3. The van der Waals surface area contributed by atoms with Crippen LogP contribution in [0, 0.1) is 16.0 Å². The second-order valence-electron chi connectivity index (χ2n) is 9.38. The zero-order chi connectivity index (χ0) is 28.1. The molecule has 39 heavy (non-hydrogen) atoms. The first kappa shape index (κ1) is 31.9. The van der Waals surface area contributed by atoms with Gasteiger partial charge in [-0.25, -0.2) is 0 Å². The van der Waals surface area contributed by atoms with Crippen molar-refractivity contribution in [3.8, 4) is 5.75 Å². The molecule has 8 heteroatoms. The highest BCUT2D eigenvalue weighted by Gasteiger charge is 2.10. The van der Waals surface area contributed by atoms with Gasteiger partial charge in [0, 0.05) is 18.0 Å². The number of allylic oxidation sites excluding steroid dienone is 3. The van der Waals surface area contributed by atoms with E-state index in [1.54, 1.807) is 12.1 Å². The van der Waals surface area contributed by atoms with E-state index in [4.69, 9.17) is 16.3 Å². The SMILES string of the molecule is CC/C=C\CCCC(=O)NCc1ccccc1CO[N+](=O)[O-].Clc1cccc(OCC/C=C/C2CCCC2)c1. The molecule has 2 aromatic carbocycles. The second kappa shape index (κ2) is 19.7. The number of amides is 1. The predicted octanol–water partition coefficient (Wildman–Crippen LogP) is 8.00. The van der Waals surface area contributed by atoms with Gasteiger partial charge in [0.1, 0.15) is 12.4 Å². The lowest BCUT2D eigenvalue weighted by Crippen LogP contribution is -2.23. The molecule has 0 unspecified atom stereocenters. The maximum atomic E-state index is 11.8. The van der Waals surface area contributed by atoms with Crippen molar-refractivity contribution in [2.45, 2.75) is 77.9 Å². The molecule has 1 N–H and O–H groups in total. The number of carbonyl (C=O) groups is 1. The molecule has 1 aliphatic rings. The van der Waals surface area contributed by atoms with E-state index in [1.165, 1.54) is 25.7 Å². The molecular weight excluding hydrogens is 516 g/mol. The Morgan fingerprint density at radius 1 is 1.08 bits per heavy atom. The van der Waals surface area contributed by atoms with Gasteiger partial charge in [0.2, 0.25) is 5.91 Å². The molecule has 3 rings (SSSR count). The summed E-state index contributed by atoms with van der Waals surface area (Å²) >= 11 is 5.88. The minimum absolute atomic E-state index is 0.0186. The lowest BCUT2D eigenvalue weighted by atomic mass is 10.1. The lowest BCUT2D eigenvalue weighted by molar-refractivity contribution is -0.763. The summed E-state index contributed by atoms with van der Waals surface area (Å²) in [6, 6.07) is 14.7. The van der Waals surface area contributed by atoms with Crippen molar-refractivity contribution >= 4 is 17.5 Å². The van der Waals surface area contributed by atoms with Gasteiger partial charge in [-0.15, -0.1) is 10.1 Å². The summed E-state index contributed by atoms with van der Waals surface area (Å²) in [7, 11) is 0. The first-order valence-electron chi connectivity index (χ1n) is 13.8. The van der Waals surface area contributed by atoms with Gasteiger partial charge in [0.05, 0.1) is 6.61 Å². The Morgan fingerprint density at radius 2 is 1.85 bits per heavy atom. The average molecular weight is 557 g/mol. The first-order valence-corrected chi connectivity index (χ1v) is 14.2. The maximum Gasteiger partial charge on any atom is 0.294 e. The second-order valence-corrected chi connectivity index (χ2v) is 9.82. The van der Waals surface area contributed by atoms with Crippen molar-refractivity contribution in [1.82, 2.24) is 5.32 Å². The van der Waals surface area contributed by atoms with Crippen LogP contribution in [0.4, 0.5) is 0 Å². The Morgan fingerprint density at radius 3 is 2.56 bits per heavy atom. The number of hydrogen-bond donors (Lipinski definition) is 1. The minimum Gasteiger partial charge on any atom is -0.493 e. The smallest absolute Gasteiger partial charge is 0.294 e. The topological polar surface area (TPSA) is 90.7 Å². The Balaban J connectivity index is 0.000000282. The van der Waals surface area contributed by atoms with Crippen LogP contribution in [0.25, 0.3) is 0 Å². The van der Waals surface area contributed by atoms with Crippen molar-refractivity contribution in [3.63, 3.8) is 0 Å². The van der Waals surface area contributed by atoms with E-state index in [2.05, 4.69) is 41.4 Å². The van der Waals surface area contributed by atoms with Gasteiger partial charge in [-0.05, 0) is 73.8 Å². The van der Waals surface area contributed by atoms with Crippen LogP contribution in [0.1, 0.15) is 75.8 Å². The van der Waals surface area contributed by atoms with Crippen LogP contribution in [0.5, 0.6) is 5.75 Å². The van der Waals surface area contributed by atoms with Crippen molar-refractivity contribution in [2.24, 2.45) is 5.92 Å². The molecule has 0 bridgehead atoms. The van der Waals surface area contributed by atoms with Gasteiger partial charge in [0.25, 0.3) is 5.09 Å². The van der Waals surface area contributed by atoms with Crippen LogP contribution >= 0.6 is 11.6 Å². The fourth-order valence-electron chi connectivity index (χ4n) is 4.18. The Bertz CT molecular complexity index is 1050. The van der Waals surface area contributed by atoms with E-state index >= 15 is 0 Å². The van der Waals surface area contributed by atoms with Crippen molar-refractivity contribution in [3.05, 3.63) is 99.1 Å². The summed E-state index contributed by atoms with van der Waals surface area (Å²) in [5.74, 6) is 1.66. The van der Waals surface area contributed by atoms with Gasteiger partial charge in [-0.1, -0.05) is 86.0 Å². The number of ether oxygens (including phenoxy) is 1. The summed E-state index contributed by atoms with van der Waals surface area (Å²) in [5, 5.41) is 13.0. The van der Waals surface area contributed by atoms with Crippen LogP contribution < -0.4 is 10.1 Å². The van der Waals surface area contributed by atoms with Crippen LogP contribution in [0.3, 0.4) is 0 Å². The fourth-order valence-corrected chi connectivity index (χ4v) is 4.36. The zero-order valence-electron chi connectivity index (χ0n) is 22.9. The first-order chi connectivity index (χ1) is 19.0. The Hall–Kier alpha value is -3.32. The van der Waals surface area contributed by atoms with E-state index in [9.17, 15) is 14.9 Å². The van der Waals surface area contributed by atoms with Gasteiger partial charge in [0.15, 0.2) is 0 Å². The monoisotopic (exact) mass is 556 g/mol. The molecule has 1 fully saturated rings. The molecule has 1 amide bonds. The van der Waals surface area contributed by atoms with Gasteiger partial charge >= 0.3 is 0 Å². The van der Waals surface area contributed by atoms with Crippen LogP contribution in [-0.4, -0.2) is 17.6 Å². The number of unbranched alkanes of at least 4 members (excludes halogenated alkanes) is 1. The minimum atomic E-state index is -0.820. The lowest BCUT2D eigenvalue weighted by Gasteiger charge is -2.10. The number of nitrogens with one attached hydrogen (secondary N) is 1. The highest BCUT2D eigenvalue weighted by atomic mass is 35.5. The molecule has 0 saturated heterocycles. The molecule has 7 nitrogen and oxygen atoms in total. The predicted molar refractivity (Wildman–Crippen MR) is 156 cm³/mol. The van der Waals surface area contributed by atoms with Crippen LogP contribution in [-0.2, 0) is 22.8 Å². The Kier molecular flexibility index (Phi) is 16.1. The number of rotatable bonds is 15. The fraction of sp³-hybridized carbons (Fsp3) is 0.452. The molecule has 0 radical (unpaired) electrons. The van der Waals surface area contributed by atoms with Crippen molar-refractivity contribution < 1.29 is 19.5 Å². The molecule has 0 aromatic heterocycles. The molecule has 0 spiro atoms. The molecule has 0 atom stereocenters. The third kappa shape index (κ3) is 15.0. The highest BCUT2D eigenvalue weighted by Crippen LogP contribution is 2.25. The summed E-state index contributed by atoms with van der Waals surface area (Å²) < 4.78 is 5.62. The molecule has 0 aliphatic heterocycles. The summed E-state index contributed by atoms with van der Waals surface area (Å²) in [6.45, 7) is 3.04.